The van der Waals surface area contributed by atoms with Crippen LogP contribution >= 0.6 is 0 Å². The van der Waals surface area contributed by atoms with Crippen molar-refractivity contribution >= 4 is 12.4 Å². The number of rotatable bonds is 12. The van der Waals surface area contributed by atoms with Crippen LogP contribution < -0.4 is 9.47 Å². The molecule has 7 nitrogen and oxygen atoms in total. The summed E-state index contributed by atoms with van der Waals surface area (Å²) in [6.07, 6.45) is 10.9. The molecule has 4 aromatic carbocycles. The normalized spacial score (nSPS) is 10.3. The van der Waals surface area contributed by atoms with Crippen LogP contribution in [0.25, 0.3) is 6.08 Å². The van der Waals surface area contributed by atoms with E-state index in [1.807, 2.05) is 48.6 Å². The van der Waals surface area contributed by atoms with Gasteiger partial charge in [0.05, 0.1) is 0 Å². The molecule has 43 heavy (non-hydrogen) atoms. The largest absolute Gasteiger partial charge is 0.504 e. The lowest BCUT2D eigenvalue weighted by Gasteiger charge is -2.11. The number of allylic oxidation sites excluding steroid dienone is 4. The van der Waals surface area contributed by atoms with Crippen LogP contribution in [0.4, 0.5) is 0 Å². The van der Waals surface area contributed by atoms with Crippen molar-refractivity contribution in [1.82, 2.24) is 0 Å². The summed E-state index contributed by atoms with van der Waals surface area (Å²) in [5.74, 6) is 0.327. The van der Waals surface area contributed by atoms with Crippen LogP contribution in [-0.4, -0.2) is 26.7 Å². The molecule has 4 rings (SSSR count). The molecule has 0 saturated heterocycles. The number of hydrogen-bond acceptors (Lipinski definition) is 7. The van der Waals surface area contributed by atoms with Crippen LogP contribution in [0.15, 0.2) is 117 Å². The van der Waals surface area contributed by atoms with Crippen LogP contribution in [0.2, 0.25) is 0 Å². The molecule has 4 aromatic rings. The first-order valence-corrected chi connectivity index (χ1v) is 13.4. The van der Waals surface area contributed by atoms with E-state index in [2.05, 4.69) is 19.7 Å². The van der Waals surface area contributed by atoms with Gasteiger partial charge in [0.1, 0.15) is 17.8 Å². The highest BCUT2D eigenvalue weighted by Gasteiger charge is 2.12. The third kappa shape index (κ3) is 9.43. The minimum Gasteiger partial charge on any atom is -0.504 e. The number of hydrogen-bond donors (Lipinski definition) is 4. The summed E-state index contributed by atoms with van der Waals surface area (Å²) in [5.41, 5.74) is 3.58. The summed E-state index contributed by atoms with van der Waals surface area (Å²) in [6, 6.07) is 20.9. The van der Waals surface area contributed by atoms with E-state index in [1.165, 1.54) is 30.4 Å². The average molecular weight is 579 g/mol. The first-order chi connectivity index (χ1) is 20.8. The van der Waals surface area contributed by atoms with E-state index in [0.717, 1.165) is 29.5 Å². The van der Waals surface area contributed by atoms with Gasteiger partial charge in [0.25, 0.3) is 0 Å². The lowest BCUT2D eigenvalue weighted by Crippen LogP contribution is -1.89. The molecule has 0 saturated carbocycles. The SMILES string of the molecule is C=CCc1ccc(Oc2cc(/C=C/C=O)cc(O)c2O)cc1.C=CCc1ccc(Oc2cc(CC=C)cc(O)c2O)cc1. The fourth-order valence-electron chi connectivity index (χ4n) is 3.92. The minimum atomic E-state index is -0.349. The molecule has 0 aromatic heterocycles. The van der Waals surface area contributed by atoms with Crippen molar-refractivity contribution in [2.75, 3.05) is 0 Å². The zero-order valence-electron chi connectivity index (χ0n) is 23.6. The second-order valence-corrected chi connectivity index (χ2v) is 9.31. The first-order valence-electron chi connectivity index (χ1n) is 13.4. The molecule has 7 heteroatoms. The lowest BCUT2D eigenvalue weighted by atomic mass is 10.1. The summed E-state index contributed by atoms with van der Waals surface area (Å²) in [5, 5.41) is 39.2. The Hall–Kier alpha value is -5.69. The van der Waals surface area contributed by atoms with Gasteiger partial charge < -0.3 is 29.9 Å². The molecule has 0 bridgehead atoms. The second-order valence-electron chi connectivity index (χ2n) is 9.31. The Labute approximate surface area is 251 Å². The highest BCUT2D eigenvalue weighted by atomic mass is 16.5. The van der Waals surface area contributed by atoms with E-state index in [4.69, 9.17) is 9.47 Å². The Morgan fingerprint density at radius 3 is 1.49 bits per heavy atom. The van der Waals surface area contributed by atoms with E-state index in [-0.39, 0.29) is 34.5 Å². The molecule has 0 fully saturated rings. The maximum absolute atomic E-state index is 10.4. The summed E-state index contributed by atoms with van der Waals surface area (Å²) >= 11 is 0. The number of aromatic hydroxyl groups is 4. The van der Waals surface area contributed by atoms with Crippen LogP contribution in [0.5, 0.6) is 46.0 Å². The number of aldehydes is 1. The quantitative estimate of drug-likeness (QED) is 0.0580. The monoisotopic (exact) mass is 578 g/mol. The molecule has 0 atom stereocenters. The summed E-state index contributed by atoms with van der Waals surface area (Å²) < 4.78 is 11.2. The van der Waals surface area contributed by atoms with Gasteiger partial charge in [-0.15, -0.1) is 19.7 Å². The molecule has 0 spiro atoms. The van der Waals surface area contributed by atoms with E-state index in [9.17, 15) is 25.2 Å². The highest BCUT2D eigenvalue weighted by Crippen LogP contribution is 2.40. The molecule has 0 unspecified atom stereocenters. The number of phenols is 4. The van der Waals surface area contributed by atoms with Crippen LogP contribution in [0, 0.1) is 0 Å². The molecule has 0 radical (unpaired) electrons. The Morgan fingerprint density at radius 1 is 0.581 bits per heavy atom. The number of benzene rings is 4. The molecule has 4 N–H and O–H groups in total. The van der Waals surface area contributed by atoms with Crippen LogP contribution in [0.1, 0.15) is 22.3 Å². The van der Waals surface area contributed by atoms with Gasteiger partial charge in [-0.2, -0.15) is 0 Å². The predicted molar refractivity (Wildman–Crippen MR) is 169 cm³/mol. The Kier molecular flexibility index (Phi) is 11.8. The van der Waals surface area contributed by atoms with Gasteiger partial charge >= 0.3 is 0 Å². The minimum absolute atomic E-state index is 0.113. The van der Waals surface area contributed by atoms with Crippen molar-refractivity contribution in [2.24, 2.45) is 0 Å². The number of phenolic OH excluding ortho intramolecular Hbond substituents is 4. The third-order valence-electron chi connectivity index (χ3n) is 6.00. The van der Waals surface area contributed by atoms with E-state index < -0.39 is 0 Å². The van der Waals surface area contributed by atoms with Gasteiger partial charge in [-0.25, -0.2) is 0 Å². The number of ether oxygens (including phenoxy) is 2. The smallest absolute Gasteiger partial charge is 0.201 e. The summed E-state index contributed by atoms with van der Waals surface area (Å²) in [4.78, 5) is 10.4. The van der Waals surface area contributed by atoms with Crippen molar-refractivity contribution in [3.63, 3.8) is 0 Å². The zero-order chi connectivity index (χ0) is 31.2. The number of carbonyl (C=O) groups is 1. The van der Waals surface area contributed by atoms with Gasteiger partial charge in [-0.1, -0.05) is 48.6 Å². The third-order valence-corrected chi connectivity index (χ3v) is 6.00. The van der Waals surface area contributed by atoms with Gasteiger partial charge in [0.15, 0.2) is 23.0 Å². The van der Waals surface area contributed by atoms with Crippen LogP contribution in [0.3, 0.4) is 0 Å². The van der Waals surface area contributed by atoms with Gasteiger partial charge in [-0.05, 0) is 96.1 Å². The highest BCUT2D eigenvalue weighted by molar-refractivity contribution is 5.75. The van der Waals surface area contributed by atoms with Gasteiger partial charge in [-0.3, -0.25) is 4.79 Å². The maximum Gasteiger partial charge on any atom is 0.201 e. The second kappa shape index (κ2) is 15.9. The molecule has 0 aliphatic carbocycles. The van der Waals surface area contributed by atoms with Gasteiger partial charge in [0.2, 0.25) is 11.5 Å². The van der Waals surface area contributed by atoms with Crippen molar-refractivity contribution in [1.29, 1.82) is 0 Å². The fourth-order valence-corrected chi connectivity index (χ4v) is 3.92. The molecule has 0 heterocycles. The van der Waals surface area contributed by atoms with Crippen molar-refractivity contribution in [3.05, 3.63) is 139 Å². The average Bonchev–Trinajstić information content (AvgIpc) is 3.00. The van der Waals surface area contributed by atoms with Crippen LogP contribution in [-0.2, 0) is 24.1 Å². The zero-order valence-corrected chi connectivity index (χ0v) is 23.6. The van der Waals surface area contributed by atoms with E-state index in [1.54, 1.807) is 24.3 Å². The topological polar surface area (TPSA) is 116 Å². The number of carbonyl (C=O) groups excluding carboxylic acids is 1. The van der Waals surface area contributed by atoms with Crippen molar-refractivity contribution in [3.8, 4) is 46.0 Å². The van der Waals surface area contributed by atoms with Crippen molar-refractivity contribution < 1.29 is 34.7 Å². The molecule has 0 aliphatic rings. The molecular weight excluding hydrogens is 544 g/mol. The molecule has 220 valence electrons. The predicted octanol–water partition coefficient (Wildman–Crippen LogP) is 8.18. The van der Waals surface area contributed by atoms with E-state index in [0.29, 0.717) is 29.8 Å². The van der Waals surface area contributed by atoms with Gasteiger partial charge in [0, 0.05) is 0 Å². The molecule has 0 aliphatic heterocycles. The van der Waals surface area contributed by atoms with Crippen molar-refractivity contribution in [2.45, 2.75) is 19.3 Å². The Bertz CT molecular complexity index is 1580. The standard InChI is InChI=1S/C18H16O4.C18H18O3/c1-2-4-13-6-8-15(9-7-13)22-17-12-14(5-3-10-19)11-16(20)18(17)21;1-3-5-13-7-9-15(10-8-13)21-17-12-14(6-4-2)11-16(19)18(17)20/h2-3,5-12,20-21H,1,4H2;3-4,7-12,19-20H,1-2,5-6H2/b5-3+;. The fraction of sp³-hybridized carbons (Fsp3) is 0.0833. The van der Waals surface area contributed by atoms with E-state index >= 15 is 0 Å². The molecular formula is C36H34O7. The molecule has 0 amide bonds. The lowest BCUT2D eigenvalue weighted by molar-refractivity contribution is -0.104. The summed E-state index contributed by atoms with van der Waals surface area (Å²) in [7, 11) is 0. The maximum atomic E-state index is 10.4. The summed E-state index contributed by atoms with van der Waals surface area (Å²) in [6.45, 7) is 11.0. The Balaban J connectivity index is 0.000000236. The first kappa shape index (κ1) is 31.8. The Morgan fingerprint density at radius 2 is 1.02 bits per heavy atom.